The fourth-order valence-corrected chi connectivity index (χ4v) is 3.77. The third-order valence-electron chi connectivity index (χ3n) is 0.711. The van der Waals surface area contributed by atoms with Crippen LogP contribution in [-0.4, -0.2) is 19.9 Å². The quantitative estimate of drug-likeness (QED) is 0.540. The minimum absolute atomic E-state index is 0.110. The molecule has 0 saturated carbocycles. The Morgan fingerprint density at radius 1 is 0.833 bits per heavy atom. The van der Waals surface area contributed by atoms with Gasteiger partial charge in [-0.05, 0) is 0 Å². The maximum atomic E-state index is 11.1. The smallest absolute Gasteiger partial charge is 0.200 e. The monoisotopic (exact) mass is 309 g/mol. The Hall–Kier alpha value is 1.84. The van der Waals surface area contributed by atoms with Crippen LogP contribution in [0.3, 0.4) is 0 Å². The molecule has 0 aromatic rings. The Labute approximate surface area is 101 Å². The van der Waals surface area contributed by atoms with E-state index < -0.39 is 15.4 Å². The summed E-state index contributed by atoms with van der Waals surface area (Å²) in [4.78, 5) is 0. The Morgan fingerprint density at radius 2 is 1.08 bits per heavy atom. The van der Waals surface area contributed by atoms with Crippen molar-refractivity contribution in [1.82, 2.24) is 0 Å². The molecule has 0 amide bonds. The molecule has 1 nitrogen and oxygen atoms in total. The van der Waals surface area contributed by atoms with Crippen molar-refractivity contribution in [1.29, 1.82) is 0 Å². The summed E-state index contributed by atoms with van der Waals surface area (Å²) in [5.74, 6) is 0. The maximum absolute atomic E-state index is 11.1. The summed E-state index contributed by atoms with van der Waals surface area (Å²) in [6, 6.07) is 0. The first-order valence-electron chi connectivity index (χ1n) is 2.66. The molecule has 0 aliphatic heterocycles. The third kappa shape index (κ3) is 9.92. The molecule has 73 valence electrons. The molecule has 0 atom stereocenters. The van der Waals surface area contributed by atoms with Gasteiger partial charge in [0.1, 0.15) is 0 Å². The molecule has 0 aliphatic rings. The van der Waals surface area contributed by atoms with Crippen LogP contribution in [0.15, 0.2) is 0 Å². The van der Waals surface area contributed by atoms with Gasteiger partial charge in [0, 0.05) is 0 Å². The van der Waals surface area contributed by atoms with Crippen molar-refractivity contribution >= 4 is 77.4 Å². The lowest BCUT2D eigenvalue weighted by Crippen LogP contribution is -2.12. The predicted octanol–water partition coefficient (Wildman–Crippen LogP) is 4.55. The number of hydrogen-bond donors (Lipinski definition) is 0. The van der Waals surface area contributed by atoms with Crippen LogP contribution in [0.2, 0.25) is 0 Å². The summed E-state index contributed by atoms with van der Waals surface area (Å²) in [5.41, 5.74) is 0. The van der Waals surface area contributed by atoms with Gasteiger partial charge in [-0.2, -0.15) is 0 Å². The van der Waals surface area contributed by atoms with E-state index in [9.17, 15) is 4.57 Å². The van der Waals surface area contributed by atoms with Crippen LogP contribution in [-0.2, 0) is 4.57 Å². The molecule has 0 unspecified atom stereocenters. The predicted molar refractivity (Wildman–Crippen MR) is 57.9 cm³/mol. The molecular weight excluding hydrogens is 308 g/mol. The van der Waals surface area contributed by atoms with E-state index in [-0.39, 0.29) is 12.3 Å². The molecule has 0 fully saturated rings. The molecule has 0 saturated heterocycles. The van der Waals surface area contributed by atoms with Crippen molar-refractivity contribution in [3.63, 3.8) is 0 Å². The highest BCUT2D eigenvalue weighted by Crippen LogP contribution is 2.42. The zero-order chi connectivity index (χ0) is 9.99. The Bertz CT molecular complexity index is 151. The van der Waals surface area contributed by atoms with Crippen LogP contribution >= 0.6 is 77.4 Å². The molecule has 1 radical (unpaired) electrons. The Kier molecular flexibility index (Phi) is 5.85. The van der Waals surface area contributed by atoms with Crippen LogP contribution in [0.1, 0.15) is 0 Å². The molecule has 0 aliphatic carbocycles. The summed E-state index contributed by atoms with van der Waals surface area (Å²) < 4.78 is 8.01. The van der Waals surface area contributed by atoms with Crippen molar-refractivity contribution in [2.24, 2.45) is 0 Å². The zero-order valence-corrected chi connectivity index (χ0v) is 11.0. The van der Waals surface area contributed by atoms with E-state index in [1.165, 1.54) is 0 Å². The minimum Gasteiger partial charge on any atom is -0.287 e. The largest absolute Gasteiger partial charge is 0.287 e. The number of halogens is 6. The molecule has 0 N–H and O–H groups in total. The second kappa shape index (κ2) is 5.07. The molecule has 8 heteroatoms. The minimum atomic E-state index is -1.80. The van der Waals surface area contributed by atoms with Gasteiger partial charge in [0.25, 0.3) is 0 Å². The Morgan fingerprint density at radius 3 is 1.25 bits per heavy atom. The molecule has 0 aromatic heterocycles. The van der Waals surface area contributed by atoms with E-state index in [1.54, 1.807) is 0 Å². The van der Waals surface area contributed by atoms with Gasteiger partial charge >= 0.3 is 0 Å². The summed E-state index contributed by atoms with van der Waals surface area (Å²) in [5, 5.41) is 0. The van der Waals surface area contributed by atoms with Crippen molar-refractivity contribution in [2.45, 2.75) is 7.59 Å². The van der Waals surface area contributed by atoms with E-state index in [4.69, 9.17) is 69.6 Å². The fourth-order valence-electron chi connectivity index (χ4n) is 0.456. The molecule has 0 aromatic carbocycles. The van der Waals surface area contributed by atoms with E-state index in [2.05, 4.69) is 0 Å². The highest BCUT2D eigenvalue weighted by Gasteiger charge is 2.29. The maximum Gasteiger partial charge on any atom is 0.200 e. The first kappa shape index (κ1) is 13.8. The van der Waals surface area contributed by atoms with Gasteiger partial charge < -0.3 is 0 Å². The SMILES string of the molecule is O=[P](CC(Cl)(Cl)Cl)CC(Cl)(Cl)Cl. The number of hydrogen-bond acceptors (Lipinski definition) is 1. The lowest BCUT2D eigenvalue weighted by atomic mass is 10.9. The lowest BCUT2D eigenvalue weighted by molar-refractivity contribution is 0.587. The van der Waals surface area contributed by atoms with Gasteiger partial charge in [-0.15, -0.1) is 0 Å². The topological polar surface area (TPSA) is 17.1 Å². The summed E-state index contributed by atoms with van der Waals surface area (Å²) >= 11 is 32.2. The number of alkyl halides is 6. The van der Waals surface area contributed by atoms with Crippen LogP contribution in [0.5, 0.6) is 0 Å². The van der Waals surface area contributed by atoms with Gasteiger partial charge in [-0.25, -0.2) is 0 Å². The van der Waals surface area contributed by atoms with Crippen LogP contribution in [0.25, 0.3) is 0 Å². The summed E-state index contributed by atoms with van der Waals surface area (Å²) in [7, 11) is -1.80. The van der Waals surface area contributed by atoms with Crippen molar-refractivity contribution in [2.75, 3.05) is 12.3 Å². The van der Waals surface area contributed by atoms with Crippen LogP contribution in [0.4, 0.5) is 0 Å². The fraction of sp³-hybridized carbons (Fsp3) is 1.00. The molecule has 0 spiro atoms. The van der Waals surface area contributed by atoms with Gasteiger partial charge in [-0.1, -0.05) is 69.6 Å². The van der Waals surface area contributed by atoms with Crippen LogP contribution in [0, 0.1) is 0 Å². The molecule has 12 heavy (non-hydrogen) atoms. The second-order valence-corrected chi connectivity index (χ2v) is 8.66. The third-order valence-corrected chi connectivity index (χ3v) is 4.29. The average Bonchev–Trinajstić information content (AvgIpc) is 1.49. The van der Waals surface area contributed by atoms with E-state index >= 15 is 0 Å². The summed E-state index contributed by atoms with van der Waals surface area (Å²) in [6.45, 7) is 0. The molecule has 0 bridgehead atoms. The number of rotatable bonds is 2. The first-order valence-corrected chi connectivity index (χ1v) is 6.55. The Balaban J connectivity index is 3.92. The van der Waals surface area contributed by atoms with Gasteiger partial charge in [-0.3, -0.25) is 4.57 Å². The van der Waals surface area contributed by atoms with Crippen molar-refractivity contribution in [3.8, 4) is 0 Å². The highest BCUT2D eigenvalue weighted by atomic mass is 35.6. The van der Waals surface area contributed by atoms with Crippen molar-refractivity contribution in [3.05, 3.63) is 0 Å². The van der Waals surface area contributed by atoms with Crippen LogP contribution < -0.4 is 0 Å². The van der Waals surface area contributed by atoms with Gasteiger partial charge in [0.2, 0.25) is 0 Å². The van der Waals surface area contributed by atoms with Gasteiger partial charge in [0.05, 0.1) is 20.1 Å². The highest BCUT2D eigenvalue weighted by molar-refractivity contribution is 7.46. The zero-order valence-electron chi connectivity index (χ0n) is 5.54. The molecule has 0 rings (SSSR count). The first-order chi connectivity index (χ1) is 5.10. The standard InChI is InChI=1S/C4H4Cl6OP/c5-3(6,7)1-12(11)2-4(8,9)10/h1-2H2. The van der Waals surface area contributed by atoms with E-state index in [1.807, 2.05) is 0 Å². The second-order valence-electron chi connectivity index (χ2n) is 2.03. The average molecular weight is 312 g/mol. The van der Waals surface area contributed by atoms with E-state index in [0.29, 0.717) is 0 Å². The molecule has 0 heterocycles. The van der Waals surface area contributed by atoms with Gasteiger partial charge in [0.15, 0.2) is 7.59 Å². The molecular formula is C4H4Cl6OP. The normalized spacial score (nSPS) is 13.2. The summed E-state index contributed by atoms with van der Waals surface area (Å²) in [6.07, 6.45) is -0.220. The van der Waals surface area contributed by atoms with Crippen molar-refractivity contribution < 1.29 is 4.57 Å². The van der Waals surface area contributed by atoms with E-state index in [0.717, 1.165) is 0 Å². The lowest BCUT2D eigenvalue weighted by Gasteiger charge is -2.13.